The van der Waals surface area contributed by atoms with Gasteiger partial charge in [0.1, 0.15) is 0 Å². The Morgan fingerprint density at radius 1 is 2.00 bits per heavy atom. The fraction of sp³-hybridized carbons (Fsp3) is 1.00. The molecule has 0 heterocycles. The van der Waals surface area contributed by atoms with Gasteiger partial charge in [-0.3, -0.25) is 0 Å². The number of aliphatic hydroxyl groups is 1. The molecule has 3 heteroatoms. The van der Waals surface area contributed by atoms with Crippen LogP contribution in [0.2, 0.25) is 0 Å². The van der Waals surface area contributed by atoms with E-state index in [1.807, 2.05) is 0 Å². The van der Waals surface area contributed by atoms with Crippen LogP contribution in [-0.2, 0) is 0 Å². The molecule has 0 aliphatic heterocycles. The fourth-order valence-corrected chi connectivity index (χ4v) is 0. The van der Waals surface area contributed by atoms with Crippen molar-refractivity contribution in [3.05, 3.63) is 0 Å². The molecule has 0 rings (SSSR count). The second-order valence-corrected chi connectivity index (χ2v) is 1.87. The van der Waals surface area contributed by atoms with Gasteiger partial charge in [-0.2, -0.15) is 0 Å². The van der Waals surface area contributed by atoms with Crippen LogP contribution in [0.15, 0.2) is 0 Å². The highest BCUT2D eigenvalue weighted by Gasteiger charge is 1.84. The maximum atomic E-state index is 7.97. The van der Waals surface area contributed by atoms with Crippen molar-refractivity contribution in [2.24, 2.45) is 0 Å². The molecule has 1 N–H and O–H groups in total. The molecule has 0 aromatic rings. The van der Waals surface area contributed by atoms with E-state index in [0.29, 0.717) is 0 Å². The predicted molar refractivity (Wildman–Crippen MR) is 25.6 cm³/mol. The highest BCUT2D eigenvalue weighted by Crippen LogP contribution is 1.86. The fourth-order valence-electron chi connectivity index (χ4n) is 0. The maximum Gasteiger partial charge on any atom is 0.0886 e. The first kappa shape index (κ1) is 5.50. The maximum absolute atomic E-state index is 7.97. The summed E-state index contributed by atoms with van der Waals surface area (Å²) in [6.45, 7) is 0. The van der Waals surface area contributed by atoms with Crippen molar-refractivity contribution in [3.8, 4) is 0 Å². The largest absolute Gasteiger partial charge is 0.396 e. The number of hydrogen-bond donors (Lipinski definition) is 1. The number of alkyl halides is 1. The van der Waals surface area contributed by atoms with E-state index >= 15 is 0 Å². The van der Waals surface area contributed by atoms with Crippen LogP contribution in [0.4, 0.5) is 0 Å². The zero-order chi connectivity index (χ0) is 4.28. The Labute approximate surface area is 40.9 Å². The monoisotopic (exact) mass is 134 g/mol. The molecule has 0 spiro atoms. The predicted octanol–water partition coefficient (Wildman–Crippen LogP) is -0.132. The van der Waals surface area contributed by atoms with Crippen molar-refractivity contribution < 1.29 is 5.11 Å². The number of hydrogen-bond acceptors (Lipinski definition) is 1. The van der Waals surface area contributed by atoms with Gasteiger partial charge < -0.3 is 5.11 Å². The van der Waals surface area contributed by atoms with E-state index in [1.54, 1.807) is 0 Å². The summed E-state index contributed by atoms with van der Waals surface area (Å²) >= 11 is 2.90. The van der Waals surface area contributed by atoms with E-state index in [-0.39, 0.29) is 11.3 Å². The van der Waals surface area contributed by atoms with E-state index in [0.717, 1.165) is 0 Å². The van der Waals surface area contributed by atoms with Crippen molar-refractivity contribution in [1.82, 2.24) is 0 Å². The van der Waals surface area contributed by atoms with Crippen molar-refractivity contribution in [2.45, 2.75) is 4.73 Å². The van der Waals surface area contributed by atoms with E-state index < -0.39 is 0 Å². The number of rotatable bonds is 1. The molecule has 0 aromatic heterocycles. The van der Waals surface area contributed by atoms with Crippen LogP contribution in [0.1, 0.15) is 0 Å². The minimum Gasteiger partial charge on any atom is -0.396 e. The lowest BCUT2D eigenvalue weighted by Gasteiger charge is -1.87. The molecule has 1 nitrogen and oxygen atoms in total. The molecule has 0 unspecified atom stereocenters. The molecule has 1 atom stereocenters. The van der Waals surface area contributed by atoms with Crippen LogP contribution in [0.5, 0.6) is 0 Å². The molecule has 28 valence electrons. The lowest BCUT2D eigenvalue weighted by molar-refractivity contribution is 0.315. The molecule has 0 aliphatic carbocycles. The lowest BCUT2D eigenvalue weighted by Crippen LogP contribution is -2.00. The Bertz CT molecular complexity index is 23.6. The molecule has 0 fully saturated rings. The molecule has 0 saturated heterocycles. The van der Waals surface area contributed by atoms with Crippen molar-refractivity contribution in [2.75, 3.05) is 6.61 Å². The summed E-state index contributed by atoms with van der Waals surface area (Å²) in [7, 11) is 4.96. The SMILES string of the molecule is [B][C@H](Br)CO. The van der Waals surface area contributed by atoms with Gasteiger partial charge in [0.15, 0.2) is 0 Å². The Morgan fingerprint density at radius 2 is 2.20 bits per heavy atom. The van der Waals surface area contributed by atoms with Gasteiger partial charge in [0.2, 0.25) is 0 Å². The first-order valence-electron chi connectivity index (χ1n) is 1.28. The molecule has 0 bridgehead atoms. The van der Waals surface area contributed by atoms with Crippen molar-refractivity contribution in [3.63, 3.8) is 0 Å². The van der Waals surface area contributed by atoms with E-state index in [2.05, 4.69) is 15.9 Å². The van der Waals surface area contributed by atoms with Crippen LogP contribution in [0.25, 0.3) is 0 Å². The van der Waals surface area contributed by atoms with Gasteiger partial charge in [0, 0.05) is 6.61 Å². The lowest BCUT2D eigenvalue weighted by atomic mass is 10.1. The minimum atomic E-state index is -0.248. The third-order valence-electron chi connectivity index (χ3n) is 0.174. The van der Waals surface area contributed by atoms with Crippen molar-refractivity contribution in [1.29, 1.82) is 0 Å². The quantitative estimate of drug-likeness (QED) is 0.392. The molecule has 0 amide bonds. The van der Waals surface area contributed by atoms with Gasteiger partial charge in [-0.05, 0) is 4.73 Å². The van der Waals surface area contributed by atoms with Gasteiger partial charge in [0.25, 0.3) is 0 Å². The van der Waals surface area contributed by atoms with Gasteiger partial charge in [-0.15, -0.1) is 0 Å². The van der Waals surface area contributed by atoms with Gasteiger partial charge >= 0.3 is 0 Å². The van der Waals surface area contributed by atoms with E-state index in [1.165, 1.54) is 0 Å². The zero-order valence-electron chi connectivity index (χ0n) is 2.69. The molecular formula is C2H4BBrO. The van der Waals surface area contributed by atoms with E-state index in [4.69, 9.17) is 13.0 Å². The van der Waals surface area contributed by atoms with Crippen LogP contribution in [0, 0.1) is 0 Å². The van der Waals surface area contributed by atoms with E-state index in [9.17, 15) is 0 Å². The topological polar surface area (TPSA) is 20.2 Å². The van der Waals surface area contributed by atoms with Gasteiger partial charge in [-0.1, -0.05) is 15.9 Å². The second kappa shape index (κ2) is 2.73. The molecule has 0 aromatic carbocycles. The van der Waals surface area contributed by atoms with Gasteiger partial charge in [0.05, 0.1) is 7.85 Å². The first-order valence-corrected chi connectivity index (χ1v) is 2.19. The molecule has 0 aliphatic rings. The Balaban J connectivity index is 2.54. The summed E-state index contributed by atoms with van der Waals surface area (Å²) in [6, 6.07) is 0. The van der Waals surface area contributed by atoms with Crippen LogP contribution in [-0.4, -0.2) is 24.3 Å². The number of halogens is 1. The molecule has 0 saturated carbocycles. The summed E-state index contributed by atoms with van der Waals surface area (Å²) < 4.78 is -0.248. The van der Waals surface area contributed by atoms with Crippen LogP contribution in [0.3, 0.4) is 0 Å². The molecule has 2 radical (unpaired) electrons. The highest BCUT2D eigenvalue weighted by molar-refractivity contribution is 9.10. The van der Waals surface area contributed by atoms with Crippen LogP contribution < -0.4 is 0 Å². The normalized spacial score (nSPS) is 14.8. The first-order chi connectivity index (χ1) is 2.27. The Kier molecular flexibility index (Phi) is 3.00. The summed E-state index contributed by atoms with van der Waals surface area (Å²) in [5, 5.41) is 7.97. The zero-order valence-corrected chi connectivity index (χ0v) is 4.27. The molecular weight excluding hydrogens is 131 g/mol. The summed E-state index contributed by atoms with van der Waals surface area (Å²) in [4.78, 5) is 0. The van der Waals surface area contributed by atoms with Gasteiger partial charge in [-0.25, -0.2) is 0 Å². The summed E-state index contributed by atoms with van der Waals surface area (Å²) in [5.41, 5.74) is 0. The Morgan fingerprint density at radius 3 is 2.20 bits per heavy atom. The molecule has 5 heavy (non-hydrogen) atoms. The average molecular weight is 135 g/mol. The number of aliphatic hydroxyl groups excluding tert-OH is 1. The smallest absolute Gasteiger partial charge is 0.0886 e. The summed E-state index contributed by atoms with van der Waals surface area (Å²) in [6.07, 6.45) is 0. The third kappa shape index (κ3) is 4.50. The highest BCUT2D eigenvalue weighted by atomic mass is 79.9. The summed E-state index contributed by atoms with van der Waals surface area (Å²) in [5.74, 6) is 0. The third-order valence-corrected chi connectivity index (χ3v) is 0.464. The average Bonchev–Trinajstić information content (AvgIpc) is 1.38. The van der Waals surface area contributed by atoms with Crippen molar-refractivity contribution >= 4 is 23.8 Å². The Hall–Kier alpha value is 0.505. The van der Waals surface area contributed by atoms with Crippen LogP contribution >= 0.6 is 15.9 Å². The standard InChI is InChI=1S/C2H4BBrO/c3-2(4)1-5/h2,5H,1H2/t2-/m1/s1. The minimum absolute atomic E-state index is 0. The second-order valence-electron chi connectivity index (χ2n) is 0.699.